The smallest absolute Gasteiger partial charge is 0.140 e. The Bertz CT molecular complexity index is 229. The number of ketones is 1. The highest BCUT2D eigenvalue weighted by Gasteiger charge is 2.04. The summed E-state index contributed by atoms with van der Waals surface area (Å²) < 4.78 is 5.03. The number of hydrogen-bond acceptors (Lipinski definition) is 2. The van der Waals surface area contributed by atoms with E-state index in [4.69, 9.17) is 16.0 Å². The van der Waals surface area contributed by atoms with Gasteiger partial charge >= 0.3 is 0 Å². The summed E-state index contributed by atoms with van der Waals surface area (Å²) in [6.45, 7) is 0. The summed E-state index contributed by atoms with van der Waals surface area (Å²) in [7, 11) is 0. The highest BCUT2D eigenvalue weighted by molar-refractivity contribution is 6.17. The van der Waals surface area contributed by atoms with Gasteiger partial charge in [-0.05, 0) is 18.6 Å². The first-order chi connectivity index (χ1) is 5.83. The Morgan fingerprint density at radius 3 is 3.00 bits per heavy atom. The molecule has 0 bridgehead atoms. The van der Waals surface area contributed by atoms with Crippen LogP contribution in [0.4, 0.5) is 0 Å². The molecule has 3 heteroatoms. The predicted molar refractivity (Wildman–Crippen MR) is 47.4 cm³/mol. The number of Topliss-reactive ketones (excluding diaryl/α,β-unsaturated/α-hetero) is 1. The second-order valence-electron chi connectivity index (χ2n) is 2.59. The number of furan rings is 1. The number of alkyl halides is 1. The lowest BCUT2D eigenvalue weighted by Crippen LogP contribution is -2.01. The van der Waals surface area contributed by atoms with Crippen molar-refractivity contribution in [3.8, 4) is 0 Å². The van der Waals surface area contributed by atoms with Crippen molar-refractivity contribution in [1.82, 2.24) is 0 Å². The molecule has 0 aliphatic rings. The van der Waals surface area contributed by atoms with Crippen LogP contribution in [0.25, 0.3) is 0 Å². The van der Waals surface area contributed by atoms with Gasteiger partial charge in [0.2, 0.25) is 0 Å². The van der Waals surface area contributed by atoms with E-state index in [-0.39, 0.29) is 5.78 Å². The van der Waals surface area contributed by atoms with Crippen LogP contribution >= 0.6 is 11.6 Å². The molecule has 1 rings (SSSR count). The van der Waals surface area contributed by atoms with Crippen LogP contribution in [0.2, 0.25) is 0 Å². The molecule has 0 N–H and O–H groups in total. The molecule has 12 heavy (non-hydrogen) atoms. The van der Waals surface area contributed by atoms with Gasteiger partial charge in [-0.25, -0.2) is 0 Å². The Labute approximate surface area is 76.5 Å². The fraction of sp³-hybridized carbons (Fsp3) is 0.444. The second-order valence-corrected chi connectivity index (χ2v) is 2.97. The maximum absolute atomic E-state index is 11.2. The molecule has 0 atom stereocenters. The van der Waals surface area contributed by atoms with E-state index in [9.17, 15) is 4.79 Å². The van der Waals surface area contributed by atoms with Gasteiger partial charge in [-0.3, -0.25) is 4.79 Å². The van der Waals surface area contributed by atoms with Crippen molar-refractivity contribution in [3.05, 3.63) is 24.2 Å². The lowest BCUT2D eigenvalue weighted by Gasteiger charge is -1.94. The molecule has 0 saturated heterocycles. The monoisotopic (exact) mass is 186 g/mol. The van der Waals surface area contributed by atoms with Gasteiger partial charge in [0.05, 0.1) is 12.7 Å². The third-order valence-corrected chi connectivity index (χ3v) is 1.81. The SMILES string of the molecule is O=C(CCCCl)Cc1ccco1. The zero-order chi connectivity index (χ0) is 8.81. The Morgan fingerprint density at radius 2 is 2.42 bits per heavy atom. The van der Waals surface area contributed by atoms with E-state index in [0.717, 1.165) is 12.2 Å². The molecule has 1 heterocycles. The minimum atomic E-state index is 0.186. The van der Waals surface area contributed by atoms with Gasteiger partial charge in [0.25, 0.3) is 0 Å². The number of rotatable bonds is 5. The molecule has 0 spiro atoms. The number of carbonyl (C=O) groups excluding carboxylic acids is 1. The van der Waals surface area contributed by atoms with Gasteiger partial charge in [0.1, 0.15) is 11.5 Å². The van der Waals surface area contributed by atoms with Crippen LogP contribution in [-0.4, -0.2) is 11.7 Å². The quantitative estimate of drug-likeness (QED) is 0.662. The van der Waals surface area contributed by atoms with Gasteiger partial charge in [0, 0.05) is 12.3 Å². The van der Waals surface area contributed by atoms with Crippen LogP contribution in [0.5, 0.6) is 0 Å². The Kier molecular flexibility index (Phi) is 3.88. The molecule has 0 aliphatic heterocycles. The van der Waals surface area contributed by atoms with Crippen LogP contribution in [0, 0.1) is 0 Å². The molecule has 0 saturated carbocycles. The summed E-state index contributed by atoms with van der Waals surface area (Å²) in [4.78, 5) is 11.2. The maximum atomic E-state index is 11.2. The van der Waals surface area contributed by atoms with Crippen molar-refractivity contribution >= 4 is 17.4 Å². The summed E-state index contributed by atoms with van der Waals surface area (Å²) in [5, 5.41) is 0. The molecule has 0 aliphatic carbocycles. The zero-order valence-electron chi connectivity index (χ0n) is 6.75. The number of carbonyl (C=O) groups is 1. The van der Waals surface area contributed by atoms with Gasteiger partial charge in [0.15, 0.2) is 0 Å². The van der Waals surface area contributed by atoms with E-state index in [0.29, 0.717) is 18.7 Å². The highest BCUT2D eigenvalue weighted by atomic mass is 35.5. The molecule has 66 valence electrons. The van der Waals surface area contributed by atoms with E-state index in [1.54, 1.807) is 18.4 Å². The van der Waals surface area contributed by atoms with Crippen LogP contribution in [0.15, 0.2) is 22.8 Å². The summed E-state index contributed by atoms with van der Waals surface area (Å²) in [5.41, 5.74) is 0. The lowest BCUT2D eigenvalue weighted by atomic mass is 10.1. The fourth-order valence-electron chi connectivity index (χ4n) is 0.960. The van der Waals surface area contributed by atoms with E-state index < -0.39 is 0 Å². The Hall–Kier alpha value is -0.760. The summed E-state index contributed by atoms with van der Waals surface area (Å²) in [6, 6.07) is 3.59. The lowest BCUT2D eigenvalue weighted by molar-refractivity contribution is -0.118. The van der Waals surface area contributed by atoms with Gasteiger partial charge in [-0.1, -0.05) is 0 Å². The highest BCUT2D eigenvalue weighted by Crippen LogP contribution is 2.04. The predicted octanol–water partition coefficient (Wildman–Crippen LogP) is 2.41. The van der Waals surface area contributed by atoms with E-state index in [1.807, 2.05) is 0 Å². The molecular formula is C9H11ClO2. The third kappa shape index (κ3) is 3.09. The van der Waals surface area contributed by atoms with E-state index in [1.165, 1.54) is 0 Å². The third-order valence-electron chi connectivity index (χ3n) is 1.54. The van der Waals surface area contributed by atoms with E-state index >= 15 is 0 Å². The van der Waals surface area contributed by atoms with Crippen LogP contribution < -0.4 is 0 Å². The van der Waals surface area contributed by atoms with Gasteiger partial charge in [-0.15, -0.1) is 11.6 Å². The summed E-state index contributed by atoms with van der Waals surface area (Å²) in [6.07, 6.45) is 3.26. The molecule has 0 aromatic carbocycles. The van der Waals surface area contributed by atoms with Crippen LogP contribution in [0.3, 0.4) is 0 Å². The first-order valence-corrected chi connectivity index (χ1v) is 4.46. The van der Waals surface area contributed by atoms with Crippen molar-refractivity contribution in [2.24, 2.45) is 0 Å². The van der Waals surface area contributed by atoms with Gasteiger partial charge in [-0.2, -0.15) is 0 Å². The van der Waals surface area contributed by atoms with Crippen molar-refractivity contribution < 1.29 is 9.21 Å². The van der Waals surface area contributed by atoms with Gasteiger partial charge < -0.3 is 4.42 Å². The second kappa shape index (κ2) is 4.99. The first-order valence-electron chi connectivity index (χ1n) is 3.93. The molecular weight excluding hydrogens is 176 g/mol. The molecule has 0 unspecified atom stereocenters. The summed E-state index contributed by atoms with van der Waals surface area (Å²) in [5.74, 6) is 1.46. The summed E-state index contributed by atoms with van der Waals surface area (Å²) >= 11 is 5.45. The average molecular weight is 187 g/mol. The fourth-order valence-corrected chi connectivity index (χ4v) is 1.09. The molecule has 1 aromatic heterocycles. The van der Waals surface area contributed by atoms with Crippen LogP contribution in [-0.2, 0) is 11.2 Å². The topological polar surface area (TPSA) is 30.2 Å². The van der Waals surface area contributed by atoms with Crippen molar-refractivity contribution in [3.63, 3.8) is 0 Å². The largest absolute Gasteiger partial charge is 0.469 e. The molecule has 2 nitrogen and oxygen atoms in total. The molecule has 1 aromatic rings. The number of halogens is 1. The van der Waals surface area contributed by atoms with E-state index in [2.05, 4.69) is 0 Å². The maximum Gasteiger partial charge on any atom is 0.140 e. The standard InChI is InChI=1S/C9H11ClO2/c10-5-1-3-8(11)7-9-4-2-6-12-9/h2,4,6H,1,3,5,7H2. The molecule has 0 fully saturated rings. The van der Waals surface area contributed by atoms with Crippen molar-refractivity contribution in [2.45, 2.75) is 19.3 Å². The zero-order valence-corrected chi connectivity index (χ0v) is 7.51. The van der Waals surface area contributed by atoms with Crippen LogP contribution in [0.1, 0.15) is 18.6 Å². The van der Waals surface area contributed by atoms with Crippen molar-refractivity contribution in [1.29, 1.82) is 0 Å². The Balaban J connectivity index is 2.27. The average Bonchev–Trinajstić information content (AvgIpc) is 2.53. The van der Waals surface area contributed by atoms with Crippen molar-refractivity contribution in [2.75, 3.05) is 5.88 Å². The first kappa shape index (κ1) is 9.33. The Morgan fingerprint density at radius 1 is 1.58 bits per heavy atom. The number of hydrogen-bond donors (Lipinski definition) is 0. The molecule has 0 radical (unpaired) electrons. The minimum Gasteiger partial charge on any atom is -0.469 e. The minimum absolute atomic E-state index is 0.186. The normalized spacial score (nSPS) is 10.1. The molecule has 0 amide bonds.